The monoisotopic (exact) mass is 523 g/mol. The zero-order valence-electron chi connectivity index (χ0n) is 22.3. The maximum atomic E-state index is 13.9. The minimum absolute atomic E-state index is 0.0410. The van der Waals surface area contributed by atoms with Gasteiger partial charge >= 0.3 is 0 Å². The topological polar surface area (TPSA) is 86.8 Å². The number of carbonyl (C=O) groups excluding carboxylic acids is 2. The number of amides is 2. The van der Waals surface area contributed by atoms with Crippen molar-refractivity contribution in [2.75, 3.05) is 17.1 Å². The molecule has 198 valence electrons. The van der Waals surface area contributed by atoms with Gasteiger partial charge in [0.1, 0.15) is 12.6 Å². The average molecular weight is 524 g/mol. The summed E-state index contributed by atoms with van der Waals surface area (Å²) < 4.78 is 27.1. The molecule has 0 aliphatic rings. The van der Waals surface area contributed by atoms with Crippen LogP contribution in [0.5, 0.6) is 0 Å². The van der Waals surface area contributed by atoms with Crippen molar-refractivity contribution in [2.45, 2.75) is 59.2 Å². The van der Waals surface area contributed by atoms with Crippen molar-refractivity contribution in [3.05, 3.63) is 77.9 Å². The fraction of sp³-hybridized carbons (Fsp3) is 0.379. The third kappa shape index (κ3) is 7.10. The molecule has 0 bridgehead atoms. The molecule has 37 heavy (non-hydrogen) atoms. The van der Waals surface area contributed by atoms with E-state index in [2.05, 4.69) is 5.32 Å². The first-order valence-electron chi connectivity index (χ1n) is 12.7. The molecule has 0 aromatic heterocycles. The number of carbonyl (C=O) groups is 2. The lowest BCUT2D eigenvalue weighted by Gasteiger charge is -2.33. The van der Waals surface area contributed by atoms with Crippen molar-refractivity contribution in [1.29, 1.82) is 0 Å². The Kier molecular flexibility index (Phi) is 9.32. The molecular formula is C29H37N3O4S. The van der Waals surface area contributed by atoms with E-state index in [9.17, 15) is 18.0 Å². The highest BCUT2D eigenvalue weighted by Gasteiger charge is 2.32. The lowest BCUT2D eigenvalue weighted by atomic mass is 10.1. The molecule has 0 radical (unpaired) electrons. The summed E-state index contributed by atoms with van der Waals surface area (Å²) in [6.45, 7) is 7.51. The van der Waals surface area contributed by atoms with Gasteiger partial charge in [0.25, 0.3) is 0 Å². The van der Waals surface area contributed by atoms with E-state index in [4.69, 9.17) is 0 Å². The molecule has 0 fully saturated rings. The number of benzene rings is 3. The van der Waals surface area contributed by atoms with Crippen molar-refractivity contribution < 1.29 is 18.0 Å². The molecule has 3 aromatic rings. The van der Waals surface area contributed by atoms with E-state index in [0.29, 0.717) is 12.1 Å². The largest absolute Gasteiger partial charge is 0.352 e. The Hall–Kier alpha value is -3.39. The lowest BCUT2D eigenvalue weighted by Crippen LogP contribution is -2.53. The van der Waals surface area contributed by atoms with Crippen LogP contribution in [0.25, 0.3) is 10.8 Å². The summed E-state index contributed by atoms with van der Waals surface area (Å²) in [6, 6.07) is 19.8. The number of nitrogens with zero attached hydrogens (tertiary/aromatic N) is 2. The van der Waals surface area contributed by atoms with E-state index in [-0.39, 0.29) is 18.5 Å². The van der Waals surface area contributed by atoms with Crippen LogP contribution in [-0.4, -0.2) is 50.0 Å². The van der Waals surface area contributed by atoms with Crippen LogP contribution in [0.4, 0.5) is 5.69 Å². The fourth-order valence-electron chi connectivity index (χ4n) is 4.39. The molecule has 0 saturated carbocycles. The van der Waals surface area contributed by atoms with Gasteiger partial charge in [-0.1, -0.05) is 80.1 Å². The van der Waals surface area contributed by atoms with E-state index in [1.807, 2.05) is 82.3 Å². The Morgan fingerprint density at radius 1 is 0.946 bits per heavy atom. The van der Waals surface area contributed by atoms with Gasteiger partial charge < -0.3 is 10.2 Å². The third-order valence-electron chi connectivity index (χ3n) is 6.54. The summed E-state index contributed by atoms with van der Waals surface area (Å²) in [4.78, 5) is 28.6. The molecule has 3 aromatic carbocycles. The SMILES string of the molecule is CC[C@@H](C)NC(=O)[C@@H](CC)N(Cc1cccc(C)c1)C(=O)CN(c1cccc2ccccc12)S(C)(=O)=O. The van der Waals surface area contributed by atoms with Gasteiger partial charge in [0.2, 0.25) is 21.8 Å². The summed E-state index contributed by atoms with van der Waals surface area (Å²) in [5, 5.41) is 4.59. The molecule has 0 saturated heterocycles. The van der Waals surface area contributed by atoms with Crippen molar-refractivity contribution >= 4 is 38.3 Å². The highest BCUT2D eigenvalue weighted by molar-refractivity contribution is 7.92. The summed E-state index contributed by atoms with van der Waals surface area (Å²) in [5.41, 5.74) is 2.34. The van der Waals surface area contributed by atoms with E-state index in [0.717, 1.165) is 38.9 Å². The maximum absolute atomic E-state index is 13.9. The third-order valence-corrected chi connectivity index (χ3v) is 7.66. The molecule has 0 heterocycles. The summed E-state index contributed by atoms with van der Waals surface area (Å²) >= 11 is 0. The first-order valence-corrected chi connectivity index (χ1v) is 14.5. The van der Waals surface area contributed by atoms with Gasteiger partial charge in [-0.15, -0.1) is 0 Å². The highest BCUT2D eigenvalue weighted by atomic mass is 32.2. The highest BCUT2D eigenvalue weighted by Crippen LogP contribution is 2.29. The van der Waals surface area contributed by atoms with Gasteiger partial charge in [-0.25, -0.2) is 8.42 Å². The molecule has 2 atom stereocenters. The molecule has 3 rings (SSSR count). The molecular weight excluding hydrogens is 486 g/mol. The van der Waals surface area contributed by atoms with Crippen LogP contribution in [-0.2, 0) is 26.2 Å². The molecule has 2 amide bonds. The molecule has 8 heteroatoms. The van der Waals surface area contributed by atoms with Crippen molar-refractivity contribution in [2.24, 2.45) is 0 Å². The quantitative estimate of drug-likeness (QED) is 0.397. The van der Waals surface area contributed by atoms with Crippen molar-refractivity contribution in [3.63, 3.8) is 0 Å². The smallest absolute Gasteiger partial charge is 0.244 e. The van der Waals surface area contributed by atoms with E-state index >= 15 is 0 Å². The molecule has 0 unspecified atom stereocenters. The first kappa shape index (κ1) is 28.2. The van der Waals surface area contributed by atoms with Crippen LogP contribution >= 0.6 is 0 Å². The van der Waals surface area contributed by atoms with E-state index in [1.165, 1.54) is 4.90 Å². The number of aryl methyl sites for hydroxylation is 1. The van der Waals surface area contributed by atoms with E-state index < -0.39 is 28.5 Å². The number of rotatable bonds is 11. The standard InChI is InChI=1S/C29H37N3O4S/c1-6-22(4)30-29(34)26(7-2)31(19-23-13-10-12-21(3)18-23)28(33)20-32(37(5,35)36)27-17-11-15-24-14-8-9-16-25(24)27/h8-18,22,26H,6-7,19-20H2,1-5H3,(H,30,34)/t22-,26-/m1/s1. The number of anilines is 1. The first-order chi connectivity index (χ1) is 17.5. The van der Waals surface area contributed by atoms with Gasteiger partial charge in [-0.2, -0.15) is 0 Å². The molecule has 7 nitrogen and oxygen atoms in total. The second-order valence-electron chi connectivity index (χ2n) is 9.52. The summed E-state index contributed by atoms with van der Waals surface area (Å²) in [6.07, 6.45) is 2.25. The van der Waals surface area contributed by atoms with Crippen LogP contribution in [0.2, 0.25) is 0 Å². The summed E-state index contributed by atoms with van der Waals surface area (Å²) in [5.74, 6) is -0.681. The Balaban J connectivity index is 2.02. The van der Waals surface area contributed by atoms with E-state index in [1.54, 1.807) is 12.1 Å². The van der Waals surface area contributed by atoms with Gasteiger partial charge in [0, 0.05) is 18.0 Å². The average Bonchev–Trinajstić information content (AvgIpc) is 2.86. The molecule has 0 aliphatic carbocycles. The molecule has 0 spiro atoms. The van der Waals surface area contributed by atoms with Crippen LogP contribution in [0.3, 0.4) is 0 Å². The Labute approximate surface area is 220 Å². The Bertz CT molecular complexity index is 1350. The van der Waals surface area contributed by atoms with Gasteiger partial charge in [0.05, 0.1) is 11.9 Å². The minimum atomic E-state index is -3.81. The predicted molar refractivity (Wildman–Crippen MR) is 150 cm³/mol. The Morgan fingerprint density at radius 3 is 2.27 bits per heavy atom. The normalized spacial score (nSPS) is 13.1. The zero-order chi connectivity index (χ0) is 27.2. The van der Waals surface area contributed by atoms with Crippen LogP contribution in [0.15, 0.2) is 66.7 Å². The molecule has 0 aliphatic heterocycles. The van der Waals surface area contributed by atoms with Gasteiger partial charge in [-0.3, -0.25) is 13.9 Å². The number of sulfonamides is 1. The number of hydrogen-bond donors (Lipinski definition) is 1. The molecule has 1 N–H and O–H groups in total. The van der Waals surface area contributed by atoms with Crippen LogP contribution < -0.4 is 9.62 Å². The zero-order valence-corrected chi connectivity index (χ0v) is 23.1. The predicted octanol–water partition coefficient (Wildman–Crippen LogP) is 4.64. The number of fused-ring (bicyclic) bond motifs is 1. The second-order valence-corrected chi connectivity index (χ2v) is 11.4. The minimum Gasteiger partial charge on any atom is -0.352 e. The van der Waals surface area contributed by atoms with Crippen molar-refractivity contribution in [3.8, 4) is 0 Å². The Morgan fingerprint density at radius 2 is 1.62 bits per heavy atom. The van der Waals surface area contributed by atoms with Crippen LogP contribution in [0, 0.1) is 6.92 Å². The summed E-state index contributed by atoms with van der Waals surface area (Å²) in [7, 11) is -3.81. The van der Waals surface area contributed by atoms with Crippen molar-refractivity contribution in [1.82, 2.24) is 10.2 Å². The van der Waals surface area contributed by atoms with Crippen LogP contribution in [0.1, 0.15) is 44.7 Å². The lowest BCUT2D eigenvalue weighted by molar-refractivity contribution is -0.140. The fourth-order valence-corrected chi connectivity index (χ4v) is 5.25. The number of hydrogen-bond acceptors (Lipinski definition) is 4. The van der Waals surface area contributed by atoms with Gasteiger partial charge in [-0.05, 0) is 43.7 Å². The second kappa shape index (κ2) is 12.2. The number of nitrogens with one attached hydrogen (secondary N) is 1. The van der Waals surface area contributed by atoms with Gasteiger partial charge in [0.15, 0.2) is 0 Å². The maximum Gasteiger partial charge on any atom is 0.244 e.